The van der Waals surface area contributed by atoms with Gasteiger partial charge in [-0.2, -0.15) is 0 Å². The van der Waals surface area contributed by atoms with E-state index in [0.29, 0.717) is 0 Å². The maximum atomic E-state index is 6.55. The standard InChI is InChI=1S/C38H33ClS6.C24H16BrClS4.C14H17BrS2/c1-3-5-6-7-8-26-13-14-28(40-26)29-15-16-30(41-29)31-17-18-32(42-31)33-19-20-34(43-33)35-21-22-36(44-35)38-27(23-37(39)45-38)25-11-9-24(4-2)10-12-25;1-2-14-3-5-15(6-4-14)16-13-23(26)30-24(16)21-10-9-18(28-21)17-7-8-19(27-17)20-11-12-22(25)29-20;1-2-3-4-5-6-11-7-8-12(16-11)13-9-10-14(15)17-13/h9-23H,3-8H2,1-2H3;3-13H,2H2,1H3;7-10H,2-6H2,1H3. The average Bonchev–Trinajstić information content (AvgIpc) is 1.85. The van der Waals surface area contributed by atoms with Crippen molar-refractivity contribution in [3.8, 4) is 110 Å². The van der Waals surface area contributed by atoms with Crippen LogP contribution in [0.25, 0.3) is 110 Å². The number of benzene rings is 2. The van der Waals surface area contributed by atoms with Gasteiger partial charge < -0.3 is 0 Å². The molecule has 92 heavy (non-hydrogen) atoms. The van der Waals surface area contributed by atoms with Gasteiger partial charge in [0.05, 0.1) is 26.0 Å². The summed E-state index contributed by atoms with van der Waals surface area (Å²) in [6.07, 6.45) is 15.2. The zero-order chi connectivity index (χ0) is 63.5. The van der Waals surface area contributed by atoms with E-state index < -0.39 is 0 Å². The number of aryl methyl sites for hydroxylation is 4. The molecule has 0 aliphatic rings. The molecule has 0 spiro atoms. The fraction of sp³-hybridized carbons (Fsp3) is 0.211. The molecule has 0 bridgehead atoms. The van der Waals surface area contributed by atoms with Crippen molar-refractivity contribution in [1.29, 1.82) is 0 Å². The molecular weight excluding hydrogens is 1530 g/mol. The Balaban J connectivity index is 0.000000148. The molecule has 0 fully saturated rings. The van der Waals surface area contributed by atoms with Crippen LogP contribution in [0.5, 0.6) is 0 Å². The quantitative estimate of drug-likeness (QED) is 0.0560. The Bertz CT molecular complexity index is 4600. The molecule has 12 heterocycles. The van der Waals surface area contributed by atoms with Gasteiger partial charge in [0.15, 0.2) is 0 Å². The van der Waals surface area contributed by atoms with Gasteiger partial charge in [0.25, 0.3) is 0 Å². The van der Waals surface area contributed by atoms with Gasteiger partial charge in [-0.15, -0.1) is 136 Å². The third-order valence-electron chi connectivity index (χ3n) is 15.6. The van der Waals surface area contributed by atoms with Crippen molar-refractivity contribution < 1.29 is 0 Å². The summed E-state index contributed by atoms with van der Waals surface area (Å²) in [6, 6.07) is 66.9. The lowest BCUT2D eigenvalue weighted by molar-refractivity contribution is 0.670. The van der Waals surface area contributed by atoms with Crippen LogP contribution in [0.4, 0.5) is 0 Å². The molecule has 0 amide bonds. The lowest BCUT2D eigenvalue weighted by atomic mass is 10.0. The van der Waals surface area contributed by atoms with Crippen LogP contribution in [0.1, 0.15) is 99.9 Å². The van der Waals surface area contributed by atoms with Gasteiger partial charge >= 0.3 is 0 Å². The molecule has 2 aromatic carbocycles. The van der Waals surface area contributed by atoms with E-state index in [9.17, 15) is 0 Å². The SMILES string of the molecule is CCCCCCc1ccc(-c2ccc(-c3ccc(-c4ccc(-c5ccc(-c6sc(Cl)cc6-c6ccc(CC)cc6)s5)s4)s3)s2)s1.CCCCCCc1ccc(-c2ccc(Br)s2)s1.CCc1ccc(-c2cc(Cl)sc2-c2ccc(-c3ccc(-c4ccc(Br)s4)s3)s2)cc1. The lowest BCUT2D eigenvalue weighted by Crippen LogP contribution is -1.81. The van der Waals surface area contributed by atoms with Crippen LogP contribution >= 0.6 is 191 Å². The van der Waals surface area contributed by atoms with Crippen molar-refractivity contribution in [2.75, 3.05) is 0 Å². The van der Waals surface area contributed by atoms with Gasteiger partial charge in [-0.3, -0.25) is 0 Å². The van der Waals surface area contributed by atoms with Crippen LogP contribution in [0.15, 0.2) is 190 Å². The first kappa shape index (κ1) is 68.3. The Labute approximate surface area is 617 Å². The van der Waals surface area contributed by atoms with Crippen molar-refractivity contribution in [3.63, 3.8) is 0 Å². The summed E-state index contributed by atoms with van der Waals surface area (Å²) in [5.74, 6) is 0. The number of unbranched alkanes of at least 4 members (excludes halogenated alkanes) is 6. The second-order valence-electron chi connectivity index (χ2n) is 22.0. The first-order chi connectivity index (χ1) is 45.0. The van der Waals surface area contributed by atoms with Crippen LogP contribution in [-0.4, -0.2) is 0 Å². The van der Waals surface area contributed by atoms with Gasteiger partial charge in [-0.25, -0.2) is 0 Å². The molecule has 12 aromatic heterocycles. The highest BCUT2D eigenvalue weighted by atomic mass is 79.9. The van der Waals surface area contributed by atoms with Crippen molar-refractivity contribution >= 4 is 191 Å². The summed E-state index contributed by atoms with van der Waals surface area (Å²) in [6.45, 7) is 8.91. The van der Waals surface area contributed by atoms with E-state index in [1.165, 1.54) is 203 Å². The molecule has 0 nitrogen and oxygen atoms in total. The van der Waals surface area contributed by atoms with Crippen LogP contribution in [-0.2, 0) is 25.7 Å². The molecule has 0 N–H and O–H groups in total. The van der Waals surface area contributed by atoms with E-state index in [2.05, 4.69) is 242 Å². The second kappa shape index (κ2) is 33.1. The molecule has 0 saturated heterocycles. The minimum atomic E-state index is 0.830. The number of thiophene rings is 12. The zero-order valence-corrected chi connectivity index (χ0v) is 65.7. The van der Waals surface area contributed by atoms with E-state index in [-0.39, 0.29) is 0 Å². The topological polar surface area (TPSA) is 0 Å². The van der Waals surface area contributed by atoms with Gasteiger partial charge in [0, 0.05) is 98.9 Å². The number of hydrogen-bond acceptors (Lipinski definition) is 12. The molecule has 0 saturated carbocycles. The average molecular weight is 1590 g/mol. The first-order valence-electron chi connectivity index (χ1n) is 31.1. The summed E-state index contributed by atoms with van der Waals surface area (Å²) in [5, 5.41) is 0. The highest BCUT2D eigenvalue weighted by molar-refractivity contribution is 9.11. The van der Waals surface area contributed by atoms with Crippen molar-refractivity contribution in [2.45, 2.75) is 105 Å². The van der Waals surface area contributed by atoms with Crippen LogP contribution in [0.3, 0.4) is 0 Å². The van der Waals surface area contributed by atoms with Gasteiger partial charge in [0.1, 0.15) is 0 Å². The molecule has 470 valence electrons. The van der Waals surface area contributed by atoms with E-state index >= 15 is 0 Å². The minimum Gasteiger partial charge on any atom is -0.139 e. The normalized spacial score (nSPS) is 11.3. The zero-order valence-electron chi connectivity index (χ0n) is 51.2. The van der Waals surface area contributed by atoms with Gasteiger partial charge in [-0.1, -0.05) is 138 Å². The summed E-state index contributed by atoms with van der Waals surface area (Å²) < 4.78 is 4.04. The van der Waals surface area contributed by atoms with Gasteiger partial charge in [-0.05, 0) is 226 Å². The van der Waals surface area contributed by atoms with Crippen LogP contribution in [0.2, 0.25) is 8.67 Å². The van der Waals surface area contributed by atoms with Gasteiger partial charge in [0.2, 0.25) is 0 Å². The molecule has 14 rings (SSSR count). The van der Waals surface area contributed by atoms with E-state index in [1.807, 2.05) is 102 Å². The Kier molecular flexibility index (Phi) is 24.6. The molecule has 0 aliphatic heterocycles. The monoisotopic (exact) mass is 1590 g/mol. The van der Waals surface area contributed by atoms with Crippen molar-refractivity contribution in [2.24, 2.45) is 0 Å². The Morgan fingerprint density at radius 1 is 0.272 bits per heavy atom. The second-order valence-corrected chi connectivity index (χ2v) is 39.2. The fourth-order valence-electron chi connectivity index (χ4n) is 10.6. The molecule has 0 aliphatic carbocycles. The molecule has 0 unspecified atom stereocenters. The highest BCUT2D eigenvalue weighted by Gasteiger charge is 2.20. The fourth-order valence-corrected chi connectivity index (χ4v) is 24.9. The Morgan fingerprint density at radius 3 is 0.837 bits per heavy atom. The Hall–Kier alpha value is -3.62. The minimum absolute atomic E-state index is 0.830. The van der Waals surface area contributed by atoms with E-state index in [0.717, 1.165) is 21.5 Å². The smallest absolute Gasteiger partial charge is 0.0941 e. The third kappa shape index (κ3) is 17.4. The van der Waals surface area contributed by atoms with Crippen LogP contribution in [0, 0.1) is 0 Å². The summed E-state index contributed by atoms with van der Waals surface area (Å²) in [4.78, 5) is 26.9. The number of halogens is 4. The maximum absolute atomic E-state index is 6.55. The predicted octanol–water partition coefficient (Wildman–Crippen LogP) is 32.3. The number of rotatable bonds is 23. The predicted molar refractivity (Wildman–Crippen MR) is 434 cm³/mol. The van der Waals surface area contributed by atoms with Crippen molar-refractivity contribution in [3.05, 3.63) is 219 Å². The molecule has 0 radical (unpaired) electrons. The largest absolute Gasteiger partial charge is 0.139 e. The van der Waals surface area contributed by atoms with E-state index in [4.69, 9.17) is 23.2 Å². The summed E-state index contributed by atoms with van der Waals surface area (Å²) >= 11 is 42.2. The first-order valence-corrected chi connectivity index (χ1v) is 43.2. The maximum Gasteiger partial charge on any atom is 0.0941 e. The molecule has 16 heteroatoms. The van der Waals surface area contributed by atoms with Crippen molar-refractivity contribution in [1.82, 2.24) is 0 Å². The summed E-state index contributed by atoms with van der Waals surface area (Å²) in [7, 11) is 0. The summed E-state index contributed by atoms with van der Waals surface area (Å²) in [5.41, 5.74) is 7.59. The Morgan fingerprint density at radius 2 is 0.543 bits per heavy atom. The molecular formula is C76H66Br2Cl2S12. The van der Waals surface area contributed by atoms with Crippen LogP contribution < -0.4 is 0 Å². The van der Waals surface area contributed by atoms with E-state index in [1.54, 1.807) is 34.0 Å². The lowest BCUT2D eigenvalue weighted by Gasteiger charge is -2.04. The molecule has 14 aromatic rings. The highest BCUT2D eigenvalue weighted by Crippen LogP contribution is 2.51. The third-order valence-corrected chi connectivity index (χ3v) is 31.9. The number of hydrogen-bond donors (Lipinski definition) is 0. The molecule has 0 atom stereocenters.